The first-order valence-electron chi connectivity index (χ1n) is 5.59. The van der Waals surface area contributed by atoms with E-state index >= 15 is 0 Å². The second kappa shape index (κ2) is 4.93. The third-order valence-corrected chi connectivity index (χ3v) is 2.92. The van der Waals surface area contributed by atoms with Crippen LogP contribution < -0.4 is 0 Å². The molecule has 1 aromatic rings. The van der Waals surface area contributed by atoms with Crippen LogP contribution in [0.3, 0.4) is 0 Å². The van der Waals surface area contributed by atoms with Crippen LogP contribution in [0, 0.1) is 11.6 Å². The van der Waals surface area contributed by atoms with Gasteiger partial charge in [-0.15, -0.1) is 0 Å². The molecule has 3 amide bonds. The number of benzene rings is 1. The molecule has 7 heteroatoms. The minimum Gasteiger partial charge on any atom is -0.386 e. The standard InChI is InChI=1S/C12H12F2N2O3/c1-15-6-10(18)16(12(15)19)5-9(17)11-7(13)3-2-4-8(11)14/h2-4,9,17H,5-6H2,1H3. The maximum absolute atomic E-state index is 13.4. The Morgan fingerprint density at radius 3 is 2.37 bits per heavy atom. The summed E-state index contributed by atoms with van der Waals surface area (Å²) in [5, 5.41) is 9.82. The van der Waals surface area contributed by atoms with Crippen molar-refractivity contribution in [2.75, 3.05) is 20.1 Å². The van der Waals surface area contributed by atoms with E-state index in [1.807, 2.05) is 0 Å². The van der Waals surface area contributed by atoms with Crippen molar-refractivity contribution in [2.24, 2.45) is 0 Å². The first-order valence-corrected chi connectivity index (χ1v) is 5.59. The minimum atomic E-state index is -1.60. The maximum atomic E-state index is 13.4. The molecule has 102 valence electrons. The molecule has 1 unspecified atom stereocenters. The lowest BCUT2D eigenvalue weighted by atomic mass is 10.1. The zero-order valence-corrected chi connectivity index (χ0v) is 10.1. The van der Waals surface area contributed by atoms with E-state index in [1.54, 1.807) is 0 Å². The van der Waals surface area contributed by atoms with Crippen molar-refractivity contribution in [3.05, 3.63) is 35.4 Å². The van der Waals surface area contributed by atoms with E-state index in [4.69, 9.17) is 0 Å². The lowest BCUT2D eigenvalue weighted by molar-refractivity contribution is -0.126. The maximum Gasteiger partial charge on any atom is 0.327 e. The van der Waals surface area contributed by atoms with Crippen LogP contribution in [0.5, 0.6) is 0 Å². The van der Waals surface area contributed by atoms with Gasteiger partial charge in [0, 0.05) is 7.05 Å². The molecule has 1 atom stereocenters. The van der Waals surface area contributed by atoms with Gasteiger partial charge in [-0.3, -0.25) is 9.69 Å². The summed E-state index contributed by atoms with van der Waals surface area (Å²) in [6.07, 6.45) is -1.60. The highest BCUT2D eigenvalue weighted by molar-refractivity contribution is 6.01. The zero-order chi connectivity index (χ0) is 14.2. The summed E-state index contributed by atoms with van der Waals surface area (Å²) >= 11 is 0. The van der Waals surface area contributed by atoms with Gasteiger partial charge in [-0.1, -0.05) is 6.07 Å². The van der Waals surface area contributed by atoms with E-state index < -0.39 is 41.8 Å². The average Bonchev–Trinajstić information content (AvgIpc) is 2.56. The molecule has 0 saturated carbocycles. The zero-order valence-electron chi connectivity index (χ0n) is 10.1. The summed E-state index contributed by atoms with van der Waals surface area (Å²) in [6.45, 7) is -0.578. The van der Waals surface area contributed by atoms with Crippen molar-refractivity contribution in [2.45, 2.75) is 6.10 Å². The largest absolute Gasteiger partial charge is 0.386 e. The first kappa shape index (κ1) is 13.4. The van der Waals surface area contributed by atoms with Crippen molar-refractivity contribution in [1.82, 2.24) is 9.80 Å². The van der Waals surface area contributed by atoms with Crippen LogP contribution >= 0.6 is 0 Å². The fourth-order valence-electron chi connectivity index (χ4n) is 1.94. The van der Waals surface area contributed by atoms with Gasteiger partial charge in [-0.05, 0) is 12.1 Å². The fourth-order valence-corrected chi connectivity index (χ4v) is 1.94. The van der Waals surface area contributed by atoms with Gasteiger partial charge in [0.15, 0.2) is 0 Å². The summed E-state index contributed by atoms with van der Waals surface area (Å²) in [7, 11) is 1.43. The minimum absolute atomic E-state index is 0.106. The second-order valence-corrected chi connectivity index (χ2v) is 4.29. The average molecular weight is 270 g/mol. The molecule has 0 radical (unpaired) electrons. The number of aliphatic hydroxyl groups is 1. The van der Waals surface area contributed by atoms with E-state index in [9.17, 15) is 23.5 Å². The van der Waals surface area contributed by atoms with Crippen LogP contribution in [0.15, 0.2) is 18.2 Å². The van der Waals surface area contributed by atoms with E-state index in [2.05, 4.69) is 0 Å². The quantitative estimate of drug-likeness (QED) is 0.830. The predicted molar refractivity (Wildman–Crippen MR) is 61.1 cm³/mol. The molecule has 0 aromatic heterocycles. The van der Waals surface area contributed by atoms with Crippen molar-refractivity contribution >= 4 is 11.9 Å². The molecule has 1 fully saturated rings. The lowest BCUT2D eigenvalue weighted by Crippen LogP contribution is -2.35. The molecule has 1 saturated heterocycles. The number of likely N-dealkylation sites (N-methyl/N-ethyl adjacent to an activating group) is 1. The highest BCUT2D eigenvalue weighted by atomic mass is 19.1. The van der Waals surface area contributed by atoms with Crippen LogP contribution in [0.1, 0.15) is 11.7 Å². The highest BCUT2D eigenvalue weighted by Crippen LogP contribution is 2.23. The van der Waals surface area contributed by atoms with Crippen LogP contribution in [0.2, 0.25) is 0 Å². The van der Waals surface area contributed by atoms with Crippen LogP contribution in [-0.2, 0) is 4.79 Å². The Kier molecular flexibility index (Phi) is 3.48. The number of hydrogen-bond donors (Lipinski definition) is 1. The lowest BCUT2D eigenvalue weighted by Gasteiger charge is -2.19. The third kappa shape index (κ3) is 2.41. The smallest absolute Gasteiger partial charge is 0.327 e. The molecule has 1 aliphatic heterocycles. The molecule has 0 spiro atoms. The molecule has 0 aliphatic carbocycles. The number of β-amino-alcohol motifs (C(OH)–C–C–N with tert-alkyl or cyclic N) is 1. The number of nitrogens with zero attached hydrogens (tertiary/aromatic N) is 2. The topological polar surface area (TPSA) is 60.9 Å². The normalized spacial score (nSPS) is 17.3. The van der Waals surface area contributed by atoms with Crippen LogP contribution in [0.25, 0.3) is 0 Å². The van der Waals surface area contributed by atoms with E-state index in [0.29, 0.717) is 0 Å². The number of aliphatic hydroxyl groups excluding tert-OH is 1. The highest BCUT2D eigenvalue weighted by Gasteiger charge is 2.35. The Balaban J connectivity index is 2.20. The molecule has 0 bridgehead atoms. The fraction of sp³-hybridized carbons (Fsp3) is 0.333. The number of carbonyl (C=O) groups is 2. The Bertz CT molecular complexity index is 515. The summed E-state index contributed by atoms with van der Waals surface area (Å²) in [5.41, 5.74) is -0.544. The summed E-state index contributed by atoms with van der Waals surface area (Å²) < 4.78 is 26.9. The Labute approximate surface area is 108 Å². The Morgan fingerprint density at radius 1 is 1.32 bits per heavy atom. The number of amides is 3. The van der Waals surface area contributed by atoms with Gasteiger partial charge < -0.3 is 10.0 Å². The Morgan fingerprint density at radius 2 is 1.89 bits per heavy atom. The van der Waals surface area contributed by atoms with Gasteiger partial charge in [0.05, 0.1) is 12.1 Å². The van der Waals surface area contributed by atoms with Gasteiger partial charge in [-0.25, -0.2) is 13.6 Å². The second-order valence-electron chi connectivity index (χ2n) is 4.29. The SMILES string of the molecule is CN1CC(=O)N(CC(O)c2c(F)cccc2F)C1=O. The van der Waals surface area contributed by atoms with Gasteiger partial charge in [0.25, 0.3) is 0 Å². The van der Waals surface area contributed by atoms with Crippen LogP contribution in [0.4, 0.5) is 13.6 Å². The van der Waals surface area contributed by atoms with Crippen LogP contribution in [-0.4, -0.2) is 47.0 Å². The number of imide groups is 1. The molecular formula is C12H12F2N2O3. The van der Waals surface area contributed by atoms with Gasteiger partial charge in [0.1, 0.15) is 24.3 Å². The molecule has 1 aliphatic rings. The molecule has 1 heterocycles. The molecule has 19 heavy (non-hydrogen) atoms. The van der Waals surface area contributed by atoms with Gasteiger partial charge in [-0.2, -0.15) is 0 Å². The molecule has 2 rings (SSSR count). The molecule has 1 N–H and O–H groups in total. The molecule has 5 nitrogen and oxygen atoms in total. The summed E-state index contributed by atoms with van der Waals surface area (Å²) in [5.74, 6) is -2.34. The van der Waals surface area contributed by atoms with Crippen molar-refractivity contribution < 1.29 is 23.5 Å². The summed E-state index contributed by atoms with van der Waals surface area (Å²) in [6, 6.07) is 2.57. The van der Waals surface area contributed by atoms with E-state index in [1.165, 1.54) is 13.1 Å². The van der Waals surface area contributed by atoms with Gasteiger partial charge >= 0.3 is 6.03 Å². The number of halogens is 2. The number of urea groups is 1. The first-order chi connectivity index (χ1) is 8.91. The van der Waals surface area contributed by atoms with E-state index in [0.717, 1.165) is 21.9 Å². The number of hydrogen-bond acceptors (Lipinski definition) is 3. The third-order valence-electron chi connectivity index (χ3n) is 2.92. The molecular weight excluding hydrogens is 258 g/mol. The monoisotopic (exact) mass is 270 g/mol. The molecule has 1 aromatic carbocycles. The van der Waals surface area contributed by atoms with Crippen molar-refractivity contribution in [3.63, 3.8) is 0 Å². The summed E-state index contributed by atoms with van der Waals surface area (Å²) in [4.78, 5) is 25.0. The predicted octanol–water partition coefficient (Wildman–Crippen LogP) is 0.892. The Hall–Kier alpha value is -2.02. The number of rotatable bonds is 3. The number of carbonyl (C=O) groups excluding carboxylic acids is 2. The van der Waals surface area contributed by atoms with Crippen molar-refractivity contribution in [1.29, 1.82) is 0 Å². The van der Waals surface area contributed by atoms with Crippen molar-refractivity contribution in [3.8, 4) is 0 Å². The van der Waals surface area contributed by atoms with E-state index in [-0.39, 0.29) is 6.54 Å². The van der Waals surface area contributed by atoms with Gasteiger partial charge in [0.2, 0.25) is 5.91 Å².